The van der Waals surface area contributed by atoms with Crippen molar-refractivity contribution in [3.8, 4) is 0 Å². The predicted octanol–water partition coefficient (Wildman–Crippen LogP) is 2.94. The van der Waals surface area contributed by atoms with Crippen molar-refractivity contribution in [3.05, 3.63) is 47.8 Å². The summed E-state index contributed by atoms with van der Waals surface area (Å²) in [6.07, 6.45) is 2.49. The number of hydrogen-bond donors (Lipinski definition) is 1. The number of aliphatic hydroxyl groups is 1. The number of esters is 1. The third-order valence-corrected chi connectivity index (χ3v) is 2.97. The third-order valence-electron chi connectivity index (χ3n) is 2.97. The Kier molecular flexibility index (Phi) is 4.48. The summed E-state index contributed by atoms with van der Waals surface area (Å²) in [5, 5.41) is 11.1. The van der Waals surface area contributed by atoms with E-state index in [-0.39, 0.29) is 12.3 Å². The molecule has 1 aromatic carbocycles. The topological polar surface area (TPSA) is 59.4 Å². The molecule has 0 aliphatic carbocycles. The van der Waals surface area contributed by atoms with Crippen LogP contribution in [0.5, 0.6) is 0 Å². The van der Waals surface area contributed by atoms with Crippen molar-refractivity contribution < 1.29 is 14.6 Å². The van der Waals surface area contributed by atoms with Gasteiger partial charge in [-0.15, -0.1) is 0 Å². The Morgan fingerprint density at radius 1 is 1.45 bits per heavy atom. The van der Waals surface area contributed by atoms with Gasteiger partial charge in [0.15, 0.2) is 0 Å². The summed E-state index contributed by atoms with van der Waals surface area (Å²) in [4.78, 5) is 16.1. The Labute approximate surface area is 117 Å². The summed E-state index contributed by atoms with van der Waals surface area (Å²) < 4.78 is 5.08. The van der Waals surface area contributed by atoms with Crippen molar-refractivity contribution in [2.24, 2.45) is 0 Å². The van der Waals surface area contributed by atoms with E-state index in [1.807, 2.05) is 25.1 Å². The molecule has 0 bridgehead atoms. The van der Waals surface area contributed by atoms with Gasteiger partial charge < -0.3 is 9.84 Å². The molecule has 1 heterocycles. The molecule has 104 valence electrons. The molecular formula is C16H17NO3. The molecule has 0 spiro atoms. The second-order valence-corrected chi connectivity index (χ2v) is 4.43. The van der Waals surface area contributed by atoms with E-state index in [2.05, 4.69) is 11.6 Å². The molecule has 0 atom stereocenters. The number of pyridine rings is 1. The van der Waals surface area contributed by atoms with Crippen LogP contribution in [0.15, 0.2) is 30.8 Å². The fraction of sp³-hybridized carbons (Fsp3) is 0.250. The Bertz CT molecular complexity index is 649. The third kappa shape index (κ3) is 2.86. The highest BCUT2D eigenvalue weighted by Crippen LogP contribution is 2.21. The first-order valence-electron chi connectivity index (χ1n) is 6.53. The van der Waals surface area contributed by atoms with Crippen LogP contribution in [0.3, 0.4) is 0 Å². The van der Waals surface area contributed by atoms with Crippen molar-refractivity contribution in [1.82, 2.24) is 4.98 Å². The van der Waals surface area contributed by atoms with Crippen LogP contribution in [0.2, 0.25) is 0 Å². The molecule has 1 N–H and O–H groups in total. The van der Waals surface area contributed by atoms with E-state index in [1.165, 1.54) is 0 Å². The van der Waals surface area contributed by atoms with Crippen LogP contribution in [0.25, 0.3) is 16.8 Å². The lowest BCUT2D eigenvalue weighted by Crippen LogP contribution is -2.09. The number of hydrogen-bond acceptors (Lipinski definition) is 4. The molecule has 0 saturated carbocycles. The largest absolute Gasteiger partial charge is 0.461 e. The summed E-state index contributed by atoms with van der Waals surface area (Å²) in [5.74, 6) is -0.465. The van der Waals surface area contributed by atoms with Crippen molar-refractivity contribution in [1.29, 1.82) is 0 Å². The van der Waals surface area contributed by atoms with E-state index in [4.69, 9.17) is 4.74 Å². The minimum Gasteiger partial charge on any atom is -0.461 e. The fourth-order valence-corrected chi connectivity index (χ4v) is 1.97. The molecule has 1 aromatic heterocycles. The highest BCUT2D eigenvalue weighted by Gasteiger charge is 2.13. The number of benzene rings is 1. The zero-order valence-corrected chi connectivity index (χ0v) is 11.4. The van der Waals surface area contributed by atoms with Crippen LogP contribution >= 0.6 is 0 Å². The SMILES string of the molecule is C=Cc1ccc2c(CO)nc(C(=O)OCCC)cc2c1. The molecule has 0 amide bonds. The zero-order chi connectivity index (χ0) is 14.5. The second kappa shape index (κ2) is 6.30. The van der Waals surface area contributed by atoms with Crippen LogP contribution in [0.4, 0.5) is 0 Å². The van der Waals surface area contributed by atoms with Gasteiger partial charge in [0.05, 0.1) is 18.9 Å². The number of ether oxygens (including phenoxy) is 1. The summed E-state index contributed by atoms with van der Waals surface area (Å²) >= 11 is 0. The molecule has 0 saturated heterocycles. The Balaban J connectivity index is 2.51. The summed E-state index contributed by atoms with van der Waals surface area (Å²) in [6, 6.07) is 7.34. The summed E-state index contributed by atoms with van der Waals surface area (Å²) in [5.41, 5.74) is 1.64. The van der Waals surface area contributed by atoms with E-state index in [1.54, 1.807) is 12.1 Å². The molecule has 2 aromatic rings. The monoisotopic (exact) mass is 271 g/mol. The van der Waals surface area contributed by atoms with E-state index in [0.717, 1.165) is 22.8 Å². The minimum absolute atomic E-state index is 0.219. The maximum Gasteiger partial charge on any atom is 0.356 e. The molecule has 4 nitrogen and oxygen atoms in total. The normalized spacial score (nSPS) is 10.5. The smallest absolute Gasteiger partial charge is 0.356 e. The van der Waals surface area contributed by atoms with E-state index in [9.17, 15) is 9.90 Å². The molecule has 4 heteroatoms. The average molecular weight is 271 g/mol. The lowest BCUT2D eigenvalue weighted by atomic mass is 10.1. The van der Waals surface area contributed by atoms with Crippen molar-refractivity contribution in [2.75, 3.05) is 6.61 Å². The van der Waals surface area contributed by atoms with Gasteiger partial charge in [-0.1, -0.05) is 31.7 Å². The number of aliphatic hydroxyl groups excluding tert-OH is 1. The van der Waals surface area contributed by atoms with Gasteiger partial charge in [-0.2, -0.15) is 0 Å². The number of rotatable bonds is 5. The molecule has 20 heavy (non-hydrogen) atoms. The van der Waals surface area contributed by atoms with Gasteiger partial charge in [-0.3, -0.25) is 0 Å². The quantitative estimate of drug-likeness (QED) is 0.849. The summed E-state index contributed by atoms with van der Waals surface area (Å²) in [7, 11) is 0. The van der Waals surface area contributed by atoms with Gasteiger partial charge in [-0.05, 0) is 29.5 Å². The van der Waals surface area contributed by atoms with E-state index in [0.29, 0.717) is 12.3 Å². The first-order valence-corrected chi connectivity index (χ1v) is 6.53. The van der Waals surface area contributed by atoms with Crippen molar-refractivity contribution >= 4 is 22.8 Å². The van der Waals surface area contributed by atoms with Crippen LogP contribution in [-0.2, 0) is 11.3 Å². The Morgan fingerprint density at radius 2 is 2.25 bits per heavy atom. The maximum absolute atomic E-state index is 11.9. The molecule has 0 radical (unpaired) electrons. The Morgan fingerprint density at radius 3 is 2.90 bits per heavy atom. The Hall–Kier alpha value is -2.20. The number of carbonyl (C=O) groups is 1. The number of fused-ring (bicyclic) bond motifs is 1. The molecular weight excluding hydrogens is 254 g/mol. The summed E-state index contributed by atoms with van der Waals surface area (Å²) in [6.45, 7) is 5.79. The van der Waals surface area contributed by atoms with Gasteiger partial charge in [0.1, 0.15) is 5.69 Å². The molecule has 2 rings (SSSR count). The number of carbonyl (C=O) groups excluding carboxylic acids is 1. The van der Waals surface area contributed by atoms with Gasteiger partial charge in [0.2, 0.25) is 0 Å². The van der Waals surface area contributed by atoms with Crippen LogP contribution in [0, 0.1) is 0 Å². The first kappa shape index (κ1) is 14.2. The van der Waals surface area contributed by atoms with Crippen LogP contribution in [-0.4, -0.2) is 22.7 Å². The first-order chi connectivity index (χ1) is 9.69. The van der Waals surface area contributed by atoms with E-state index < -0.39 is 5.97 Å². The van der Waals surface area contributed by atoms with Gasteiger partial charge in [-0.25, -0.2) is 9.78 Å². The van der Waals surface area contributed by atoms with Crippen molar-refractivity contribution in [3.63, 3.8) is 0 Å². The lowest BCUT2D eigenvalue weighted by molar-refractivity contribution is 0.0498. The number of nitrogens with zero attached hydrogens (tertiary/aromatic N) is 1. The maximum atomic E-state index is 11.9. The molecule has 0 aliphatic heterocycles. The minimum atomic E-state index is -0.465. The highest BCUT2D eigenvalue weighted by molar-refractivity contribution is 5.95. The van der Waals surface area contributed by atoms with Crippen molar-refractivity contribution in [2.45, 2.75) is 20.0 Å². The standard InChI is InChI=1S/C16H17NO3/c1-3-7-20-16(19)14-9-12-8-11(4-2)5-6-13(12)15(10-18)17-14/h4-6,8-9,18H,2-3,7,10H2,1H3. The van der Waals surface area contributed by atoms with Gasteiger partial charge in [0.25, 0.3) is 0 Å². The zero-order valence-electron chi connectivity index (χ0n) is 11.4. The fourth-order valence-electron chi connectivity index (χ4n) is 1.97. The van der Waals surface area contributed by atoms with Crippen LogP contribution < -0.4 is 0 Å². The predicted molar refractivity (Wildman–Crippen MR) is 78.3 cm³/mol. The van der Waals surface area contributed by atoms with E-state index >= 15 is 0 Å². The number of aromatic nitrogens is 1. The highest BCUT2D eigenvalue weighted by atomic mass is 16.5. The molecule has 0 unspecified atom stereocenters. The van der Waals surface area contributed by atoms with Gasteiger partial charge in [0, 0.05) is 5.39 Å². The van der Waals surface area contributed by atoms with Gasteiger partial charge >= 0.3 is 5.97 Å². The molecule has 0 aliphatic rings. The lowest BCUT2D eigenvalue weighted by Gasteiger charge is -2.08. The average Bonchev–Trinajstić information content (AvgIpc) is 2.50. The van der Waals surface area contributed by atoms with Crippen LogP contribution in [0.1, 0.15) is 35.1 Å². The second-order valence-electron chi connectivity index (χ2n) is 4.43. The molecule has 0 fully saturated rings.